The monoisotopic (exact) mass is 300 g/mol. The highest BCUT2D eigenvalue weighted by atomic mass is 79.9. The number of nitrogens with two attached hydrogens (primary N) is 1. The summed E-state index contributed by atoms with van der Waals surface area (Å²) in [4.78, 5) is 2.30. The number of piperidine rings is 1. The molecule has 94 valence electrons. The Morgan fingerprint density at radius 3 is 3.00 bits per heavy atom. The Kier molecular flexibility index (Phi) is 4.17. The van der Waals surface area contributed by atoms with Crippen molar-refractivity contribution in [2.75, 3.05) is 13.1 Å². The lowest BCUT2D eigenvalue weighted by molar-refractivity contribution is 0.162. The summed E-state index contributed by atoms with van der Waals surface area (Å²) in [5.41, 5.74) is 7.06. The van der Waals surface area contributed by atoms with E-state index in [1.807, 2.05) is 6.07 Å². The molecule has 1 fully saturated rings. The van der Waals surface area contributed by atoms with Crippen LogP contribution in [0.1, 0.15) is 18.9 Å². The number of benzene rings is 1. The highest BCUT2D eigenvalue weighted by molar-refractivity contribution is 9.10. The first-order chi connectivity index (χ1) is 8.08. The van der Waals surface area contributed by atoms with E-state index in [9.17, 15) is 4.39 Å². The van der Waals surface area contributed by atoms with Crippen LogP contribution in [0.4, 0.5) is 4.39 Å². The third kappa shape index (κ3) is 3.06. The molecule has 2 nitrogen and oxygen atoms in total. The highest BCUT2D eigenvalue weighted by Gasteiger charge is 2.23. The molecule has 0 amide bonds. The van der Waals surface area contributed by atoms with Crippen molar-refractivity contribution in [3.8, 4) is 0 Å². The van der Waals surface area contributed by atoms with E-state index in [1.54, 1.807) is 6.07 Å². The van der Waals surface area contributed by atoms with Crippen molar-refractivity contribution < 1.29 is 4.39 Å². The topological polar surface area (TPSA) is 29.3 Å². The normalized spacial score (nSPS) is 26.1. The Bertz CT molecular complexity index is 397. The van der Waals surface area contributed by atoms with Crippen molar-refractivity contribution in [3.05, 3.63) is 34.1 Å². The lowest BCUT2D eigenvalue weighted by atomic mass is 9.94. The lowest BCUT2D eigenvalue weighted by Gasteiger charge is -2.35. The Morgan fingerprint density at radius 1 is 1.53 bits per heavy atom. The summed E-state index contributed by atoms with van der Waals surface area (Å²) in [6.07, 6.45) is 1.12. The zero-order valence-corrected chi connectivity index (χ0v) is 11.6. The Hall–Kier alpha value is -0.450. The summed E-state index contributed by atoms with van der Waals surface area (Å²) >= 11 is 3.30. The number of halogens is 2. The first kappa shape index (κ1) is 13.0. The van der Waals surface area contributed by atoms with Gasteiger partial charge in [0.25, 0.3) is 0 Å². The molecule has 17 heavy (non-hydrogen) atoms. The maximum Gasteiger partial charge on any atom is 0.137 e. The van der Waals surface area contributed by atoms with Crippen molar-refractivity contribution in [2.24, 2.45) is 11.7 Å². The van der Waals surface area contributed by atoms with Gasteiger partial charge in [-0.3, -0.25) is 4.90 Å². The van der Waals surface area contributed by atoms with Gasteiger partial charge in [-0.25, -0.2) is 4.39 Å². The van der Waals surface area contributed by atoms with Gasteiger partial charge in [0.1, 0.15) is 5.82 Å². The fourth-order valence-electron chi connectivity index (χ4n) is 2.22. The lowest BCUT2D eigenvalue weighted by Crippen LogP contribution is -2.47. The van der Waals surface area contributed by atoms with Crippen LogP contribution in [0.25, 0.3) is 0 Å². The second-order valence-electron chi connectivity index (χ2n) is 4.88. The van der Waals surface area contributed by atoms with E-state index in [2.05, 4.69) is 27.8 Å². The Morgan fingerprint density at radius 2 is 2.29 bits per heavy atom. The fraction of sp³-hybridized carbons (Fsp3) is 0.538. The quantitative estimate of drug-likeness (QED) is 0.910. The van der Waals surface area contributed by atoms with E-state index in [0.717, 1.165) is 31.6 Å². The molecule has 2 N–H and O–H groups in total. The van der Waals surface area contributed by atoms with Crippen LogP contribution >= 0.6 is 15.9 Å². The zero-order valence-electron chi connectivity index (χ0n) is 10.00. The van der Waals surface area contributed by atoms with Crippen LogP contribution in [-0.4, -0.2) is 24.0 Å². The number of hydrogen-bond donors (Lipinski definition) is 1. The molecule has 0 radical (unpaired) electrons. The first-order valence-electron chi connectivity index (χ1n) is 5.98. The van der Waals surface area contributed by atoms with Crippen LogP contribution in [0.5, 0.6) is 0 Å². The van der Waals surface area contributed by atoms with Crippen molar-refractivity contribution in [3.63, 3.8) is 0 Å². The second-order valence-corrected chi connectivity index (χ2v) is 5.67. The van der Waals surface area contributed by atoms with Crippen LogP contribution in [0.3, 0.4) is 0 Å². The van der Waals surface area contributed by atoms with E-state index >= 15 is 0 Å². The molecular formula is C13H18BrFN2. The van der Waals surface area contributed by atoms with Gasteiger partial charge in [-0.05, 0) is 46.4 Å². The van der Waals surface area contributed by atoms with Gasteiger partial charge in [-0.15, -0.1) is 0 Å². The average molecular weight is 301 g/mol. The largest absolute Gasteiger partial charge is 0.326 e. The Balaban J connectivity index is 2.04. The zero-order chi connectivity index (χ0) is 12.4. The summed E-state index contributed by atoms with van der Waals surface area (Å²) in [6.45, 7) is 4.89. The van der Waals surface area contributed by atoms with Gasteiger partial charge >= 0.3 is 0 Å². The molecule has 0 saturated carbocycles. The molecule has 2 unspecified atom stereocenters. The molecule has 0 aliphatic carbocycles. The standard InChI is InChI=1S/C13H18BrFN2/c1-9-5-6-17(8-12(9)16)7-10-3-2-4-11(15)13(10)14/h2-4,9,12H,5-8,16H2,1H3. The van der Waals surface area contributed by atoms with Crippen LogP contribution < -0.4 is 5.73 Å². The van der Waals surface area contributed by atoms with E-state index in [1.165, 1.54) is 6.07 Å². The molecule has 2 atom stereocenters. The van der Waals surface area contributed by atoms with Gasteiger partial charge < -0.3 is 5.73 Å². The molecule has 1 aliphatic rings. The summed E-state index contributed by atoms with van der Waals surface area (Å²) in [7, 11) is 0. The first-order valence-corrected chi connectivity index (χ1v) is 6.78. The van der Waals surface area contributed by atoms with Crippen LogP contribution in [0.15, 0.2) is 22.7 Å². The predicted octanol–water partition coefficient (Wildman–Crippen LogP) is 2.76. The van der Waals surface area contributed by atoms with Crippen LogP contribution in [0, 0.1) is 11.7 Å². The van der Waals surface area contributed by atoms with E-state index in [0.29, 0.717) is 10.4 Å². The summed E-state index contributed by atoms with van der Waals surface area (Å²) in [5, 5.41) is 0. The maximum atomic E-state index is 13.4. The van der Waals surface area contributed by atoms with Gasteiger partial charge in [0.2, 0.25) is 0 Å². The highest BCUT2D eigenvalue weighted by Crippen LogP contribution is 2.24. The van der Waals surface area contributed by atoms with Crippen LogP contribution in [0.2, 0.25) is 0 Å². The number of nitrogens with zero attached hydrogens (tertiary/aromatic N) is 1. The maximum absolute atomic E-state index is 13.4. The average Bonchev–Trinajstić information content (AvgIpc) is 2.30. The molecule has 1 aromatic rings. The number of hydrogen-bond acceptors (Lipinski definition) is 2. The van der Waals surface area contributed by atoms with Gasteiger partial charge in [0.05, 0.1) is 4.47 Å². The smallest absolute Gasteiger partial charge is 0.137 e. The van der Waals surface area contributed by atoms with Crippen molar-refractivity contribution in [1.82, 2.24) is 4.90 Å². The minimum Gasteiger partial charge on any atom is -0.326 e. The van der Waals surface area contributed by atoms with Crippen molar-refractivity contribution in [2.45, 2.75) is 25.9 Å². The molecular weight excluding hydrogens is 283 g/mol. The van der Waals surface area contributed by atoms with E-state index in [-0.39, 0.29) is 11.9 Å². The summed E-state index contributed by atoms with van der Waals surface area (Å²) in [5.74, 6) is 0.388. The molecule has 2 rings (SSSR count). The predicted molar refractivity (Wildman–Crippen MR) is 71.1 cm³/mol. The van der Waals surface area contributed by atoms with E-state index in [4.69, 9.17) is 5.73 Å². The molecule has 0 bridgehead atoms. The Labute approximate surface area is 110 Å². The van der Waals surface area contributed by atoms with Gasteiger partial charge in [0.15, 0.2) is 0 Å². The molecule has 0 spiro atoms. The minimum absolute atomic E-state index is 0.197. The van der Waals surface area contributed by atoms with Gasteiger partial charge in [0, 0.05) is 19.1 Å². The van der Waals surface area contributed by atoms with Gasteiger partial charge in [-0.2, -0.15) is 0 Å². The molecule has 0 aromatic heterocycles. The second kappa shape index (κ2) is 5.46. The summed E-state index contributed by atoms with van der Waals surface area (Å²) < 4.78 is 14.0. The molecule has 1 aromatic carbocycles. The minimum atomic E-state index is -0.197. The van der Waals surface area contributed by atoms with Crippen LogP contribution in [-0.2, 0) is 6.54 Å². The third-order valence-electron chi connectivity index (χ3n) is 3.53. The van der Waals surface area contributed by atoms with Crippen molar-refractivity contribution in [1.29, 1.82) is 0 Å². The molecule has 1 saturated heterocycles. The summed E-state index contributed by atoms with van der Waals surface area (Å²) in [6, 6.07) is 5.41. The van der Waals surface area contributed by atoms with E-state index < -0.39 is 0 Å². The fourth-order valence-corrected chi connectivity index (χ4v) is 2.61. The number of rotatable bonds is 2. The van der Waals surface area contributed by atoms with Crippen molar-refractivity contribution >= 4 is 15.9 Å². The molecule has 4 heteroatoms. The molecule has 1 aliphatic heterocycles. The SMILES string of the molecule is CC1CCN(Cc2cccc(F)c2Br)CC1N. The molecule has 1 heterocycles. The number of likely N-dealkylation sites (tertiary alicyclic amines) is 1. The van der Waals surface area contributed by atoms with Gasteiger partial charge in [-0.1, -0.05) is 19.1 Å². The third-order valence-corrected chi connectivity index (χ3v) is 4.41.